The van der Waals surface area contributed by atoms with Crippen molar-refractivity contribution in [2.24, 2.45) is 0 Å². The van der Waals surface area contributed by atoms with E-state index in [0.29, 0.717) is 5.01 Å². The van der Waals surface area contributed by atoms with Gasteiger partial charge in [0.05, 0.1) is 13.0 Å². The summed E-state index contributed by atoms with van der Waals surface area (Å²) in [6.45, 7) is 1.94. The molecule has 1 atom stereocenters. The SMILES string of the molecule is Cc1nnc(CNC(=O)C(CC(=O)O)NC(=O)OCC2c3ccccc3-c3ccccc32)s1. The highest BCUT2D eigenvalue weighted by Gasteiger charge is 2.30. The van der Waals surface area contributed by atoms with Crippen LogP contribution in [-0.2, 0) is 20.9 Å². The Morgan fingerprint density at radius 1 is 1.06 bits per heavy atom. The van der Waals surface area contributed by atoms with Crippen molar-refractivity contribution in [3.8, 4) is 11.1 Å². The second-order valence-electron chi connectivity index (χ2n) is 7.55. The molecule has 1 heterocycles. The molecule has 1 aliphatic carbocycles. The van der Waals surface area contributed by atoms with Gasteiger partial charge in [-0.25, -0.2) is 4.79 Å². The van der Waals surface area contributed by atoms with E-state index < -0.39 is 30.4 Å². The predicted octanol–water partition coefficient (Wildman–Crippen LogP) is 2.84. The van der Waals surface area contributed by atoms with Crippen LogP contribution in [0.25, 0.3) is 11.1 Å². The van der Waals surface area contributed by atoms with Crippen molar-refractivity contribution in [1.82, 2.24) is 20.8 Å². The number of aryl methyl sites for hydroxylation is 1. The zero-order chi connectivity index (χ0) is 23.4. The summed E-state index contributed by atoms with van der Waals surface area (Å²) in [7, 11) is 0. The van der Waals surface area contributed by atoms with Gasteiger partial charge in [-0.2, -0.15) is 0 Å². The maximum atomic E-state index is 12.5. The molecular weight excluding hydrogens is 444 g/mol. The number of ether oxygens (including phenoxy) is 1. The molecule has 0 spiro atoms. The molecule has 2 amide bonds. The number of aliphatic carboxylic acids is 1. The summed E-state index contributed by atoms with van der Waals surface area (Å²) in [4.78, 5) is 36.2. The fourth-order valence-electron chi connectivity index (χ4n) is 3.86. The highest BCUT2D eigenvalue weighted by atomic mass is 32.1. The second-order valence-corrected chi connectivity index (χ2v) is 8.82. The minimum atomic E-state index is -1.29. The number of nitrogens with one attached hydrogen (secondary N) is 2. The van der Waals surface area contributed by atoms with Gasteiger partial charge in [0.15, 0.2) is 0 Å². The number of amides is 2. The summed E-state index contributed by atoms with van der Waals surface area (Å²) in [6.07, 6.45) is -1.43. The number of fused-ring (bicyclic) bond motifs is 3. The van der Waals surface area contributed by atoms with Gasteiger partial charge in [-0.15, -0.1) is 10.2 Å². The van der Waals surface area contributed by atoms with Crippen LogP contribution in [0.1, 0.15) is 33.5 Å². The van der Waals surface area contributed by atoms with Crippen molar-refractivity contribution in [3.05, 3.63) is 69.7 Å². The van der Waals surface area contributed by atoms with Crippen LogP contribution in [0.4, 0.5) is 4.79 Å². The predicted molar refractivity (Wildman–Crippen MR) is 121 cm³/mol. The van der Waals surface area contributed by atoms with E-state index in [4.69, 9.17) is 9.84 Å². The van der Waals surface area contributed by atoms with Crippen LogP contribution in [0.3, 0.4) is 0 Å². The molecule has 10 heteroatoms. The van der Waals surface area contributed by atoms with Crippen LogP contribution in [0.5, 0.6) is 0 Å². The first-order valence-electron chi connectivity index (χ1n) is 10.3. The molecular formula is C23H22N4O5S. The Hall–Kier alpha value is -3.79. The fraction of sp³-hybridized carbons (Fsp3) is 0.261. The third kappa shape index (κ3) is 5.17. The smallest absolute Gasteiger partial charge is 0.407 e. The molecule has 3 N–H and O–H groups in total. The van der Waals surface area contributed by atoms with Crippen molar-refractivity contribution in [2.75, 3.05) is 6.61 Å². The average Bonchev–Trinajstić information content (AvgIpc) is 3.36. The minimum absolute atomic E-state index is 0.0608. The lowest BCUT2D eigenvalue weighted by molar-refractivity contribution is -0.139. The summed E-state index contributed by atoms with van der Waals surface area (Å²) in [6, 6.07) is 14.6. The molecule has 0 saturated heterocycles. The molecule has 170 valence electrons. The molecule has 1 aromatic heterocycles. The lowest BCUT2D eigenvalue weighted by Crippen LogP contribution is -2.48. The van der Waals surface area contributed by atoms with E-state index in [2.05, 4.69) is 20.8 Å². The van der Waals surface area contributed by atoms with E-state index in [0.717, 1.165) is 27.3 Å². The Morgan fingerprint density at radius 2 is 1.70 bits per heavy atom. The van der Waals surface area contributed by atoms with Crippen molar-refractivity contribution in [1.29, 1.82) is 0 Å². The highest BCUT2D eigenvalue weighted by Crippen LogP contribution is 2.44. The van der Waals surface area contributed by atoms with E-state index in [1.165, 1.54) is 11.3 Å². The maximum Gasteiger partial charge on any atom is 0.407 e. The van der Waals surface area contributed by atoms with Crippen molar-refractivity contribution < 1.29 is 24.2 Å². The van der Waals surface area contributed by atoms with Crippen LogP contribution in [0.2, 0.25) is 0 Å². The fourth-order valence-corrected chi connectivity index (χ4v) is 4.51. The molecule has 0 aliphatic heterocycles. The first-order valence-corrected chi connectivity index (χ1v) is 11.1. The number of hydrogen-bond donors (Lipinski definition) is 3. The number of aromatic nitrogens is 2. The van der Waals surface area contributed by atoms with Crippen LogP contribution in [0, 0.1) is 6.92 Å². The van der Waals surface area contributed by atoms with Crippen LogP contribution >= 0.6 is 11.3 Å². The zero-order valence-corrected chi connectivity index (χ0v) is 18.6. The van der Waals surface area contributed by atoms with Gasteiger partial charge in [-0.1, -0.05) is 59.9 Å². The summed E-state index contributed by atoms with van der Waals surface area (Å²) in [5, 5.41) is 23.2. The molecule has 3 aromatic rings. The number of carbonyl (C=O) groups excluding carboxylic acids is 2. The molecule has 1 aliphatic rings. The normalized spacial score (nSPS) is 13.0. The van der Waals surface area contributed by atoms with Gasteiger partial charge in [0, 0.05) is 5.92 Å². The Morgan fingerprint density at radius 3 is 2.27 bits per heavy atom. The van der Waals surface area contributed by atoms with Gasteiger partial charge in [-0.05, 0) is 29.2 Å². The Bertz CT molecular complexity index is 1150. The summed E-state index contributed by atoms with van der Waals surface area (Å²) in [5.74, 6) is -2.00. The molecule has 0 radical (unpaired) electrons. The number of carbonyl (C=O) groups is 3. The van der Waals surface area contributed by atoms with Crippen LogP contribution < -0.4 is 10.6 Å². The topological polar surface area (TPSA) is 131 Å². The summed E-state index contributed by atoms with van der Waals surface area (Å²) >= 11 is 1.32. The summed E-state index contributed by atoms with van der Waals surface area (Å²) in [5.41, 5.74) is 4.30. The van der Waals surface area contributed by atoms with Gasteiger partial charge < -0.3 is 20.5 Å². The quantitative estimate of drug-likeness (QED) is 0.465. The molecule has 33 heavy (non-hydrogen) atoms. The van der Waals surface area contributed by atoms with Crippen LogP contribution in [-0.4, -0.2) is 45.9 Å². The van der Waals surface area contributed by atoms with Gasteiger partial charge in [0.25, 0.3) is 0 Å². The van der Waals surface area contributed by atoms with Crippen molar-refractivity contribution in [3.63, 3.8) is 0 Å². The molecule has 0 fully saturated rings. The number of rotatable bonds is 8. The maximum absolute atomic E-state index is 12.5. The lowest BCUT2D eigenvalue weighted by atomic mass is 9.98. The minimum Gasteiger partial charge on any atom is -0.481 e. The number of carboxylic acid groups (broad SMARTS) is 1. The second kappa shape index (κ2) is 9.78. The molecule has 1 unspecified atom stereocenters. The van der Waals surface area contributed by atoms with E-state index in [1.54, 1.807) is 6.92 Å². The lowest BCUT2D eigenvalue weighted by Gasteiger charge is -2.18. The average molecular weight is 467 g/mol. The largest absolute Gasteiger partial charge is 0.481 e. The number of benzene rings is 2. The number of alkyl carbamates (subject to hydrolysis) is 1. The number of hydrogen-bond acceptors (Lipinski definition) is 7. The van der Waals surface area contributed by atoms with Crippen molar-refractivity contribution >= 4 is 29.3 Å². The highest BCUT2D eigenvalue weighted by molar-refractivity contribution is 7.11. The molecule has 4 rings (SSSR count). The molecule has 0 bridgehead atoms. The summed E-state index contributed by atoms with van der Waals surface area (Å²) < 4.78 is 5.42. The Labute approximate surface area is 193 Å². The van der Waals surface area contributed by atoms with Gasteiger partial charge >= 0.3 is 12.1 Å². The first-order chi connectivity index (χ1) is 15.9. The zero-order valence-electron chi connectivity index (χ0n) is 17.8. The molecule has 0 saturated carbocycles. The van der Waals surface area contributed by atoms with E-state index in [-0.39, 0.29) is 19.1 Å². The standard InChI is InChI=1S/C23H22N4O5S/c1-13-26-27-20(33-13)11-24-22(30)19(10-21(28)29)25-23(31)32-12-18-16-8-4-2-6-14(16)15-7-3-5-9-17(15)18/h2-9,18-19H,10-12H2,1H3,(H,24,30)(H,25,31)(H,28,29). The third-order valence-corrected chi connectivity index (χ3v) is 6.15. The number of nitrogens with zero attached hydrogens (tertiary/aromatic N) is 2. The van der Waals surface area contributed by atoms with Gasteiger partial charge in [0.1, 0.15) is 22.7 Å². The van der Waals surface area contributed by atoms with E-state index in [1.807, 2.05) is 48.5 Å². The monoisotopic (exact) mass is 466 g/mol. The number of carboxylic acids is 1. The van der Waals surface area contributed by atoms with E-state index >= 15 is 0 Å². The van der Waals surface area contributed by atoms with Crippen LogP contribution in [0.15, 0.2) is 48.5 Å². The van der Waals surface area contributed by atoms with Gasteiger partial charge in [-0.3, -0.25) is 9.59 Å². The van der Waals surface area contributed by atoms with E-state index in [9.17, 15) is 14.4 Å². The van der Waals surface area contributed by atoms with Gasteiger partial charge in [0.2, 0.25) is 5.91 Å². The third-order valence-electron chi connectivity index (χ3n) is 5.31. The van der Waals surface area contributed by atoms with Crippen molar-refractivity contribution in [2.45, 2.75) is 31.8 Å². The molecule has 9 nitrogen and oxygen atoms in total. The first kappa shape index (κ1) is 22.4. The Kier molecular flexibility index (Phi) is 6.64. The molecule has 2 aromatic carbocycles. The Balaban J connectivity index is 1.38.